The zero-order valence-electron chi connectivity index (χ0n) is 35.4. The van der Waals surface area contributed by atoms with Gasteiger partial charge in [-0.25, -0.2) is 9.97 Å². The van der Waals surface area contributed by atoms with Crippen LogP contribution in [0.4, 0.5) is 0 Å². The molecule has 8 heteroatoms. The third-order valence-electron chi connectivity index (χ3n) is 13.1. The quantitative estimate of drug-likeness (QED) is 0.166. The number of allylic oxidation sites excluding steroid dienone is 1. The summed E-state index contributed by atoms with van der Waals surface area (Å²) in [5.74, 6) is 3.23. The number of benzene rings is 8. The number of fused-ring (bicyclic) bond motifs is 11. The van der Waals surface area contributed by atoms with E-state index in [1.807, 2.05) is 72.8 Å². The summed E-state index contributed by atoms with van der Waals surface area (Å²) in [5, 5.41) is 5.55. The standard InChI is InChI=1S/C58H36N6O2/c1-3-15-36(16-4-1)55-60-56(45-23-14-28-50-51(45)44-21-9-12-27-49(44)65-50)62-58(61-55)64-48-26-11-8-20-41(48)43-34-33-42-40-19-7-10-25-47(40)63(52(42)53(43)64)38-31-29-35(30-32-38)39-22-13-24-46-54(39)66-57(59-46)37-17-5-2-6-18-37/h1-8,10-20,22-34H,9,21H2. The molecule has 0 unspecified atom stereocenters. The number of aryl methyl sites for hydroxylation is 1. The second kappa shape index (κ2) is 14.3. The van der Waals surface area contributed by atoms with Gasteiger partial charge in [0.25, 0.3) is 0 Å². The van der Waals surface area contributed by atoms with Gasteiger partial charge in [0.1, 0.15) is 16.9 Å². The molecular weight excluding hydrogens is 813 g/mol. The van der Waals surface area contributed by atoms with Crippen LogP contribution in [0.5, 0.6) is 0 Å². The van der Waals surface area contributed by atoms with Crippen molar-refractivity contribution in [1.82, 2.24) is 29.1 Å². The zero-order chi connectivity index (χ0) is 43.3. The van der Waals surface area contributed by atoms with E-state index >= 15 is 0 Å². The first-order valence-corrected chi connectivity index (χ1v) is 22.3. The van der Waals surface area contributed by atoms with E-state index in [4.69, 9.17) is 28.8 Å². The highest BCUT2D eigenvalue weighted by Gasteiger charge is 2.25. The third-order valence-corrected chi connectivity index (χ3v) is 13.1. The fourth-order valence-corrected chi connectivity index (χ4v) is 10.2. The third kappa shape index (κ3) is 5.51. The molecular formula is C58H36N6O2. The second-order valence-corrected chi connectivity index (χ2v) is 16.9. The van der Waals surface area contributed by atoms with Crippen LogP contribution in [0.15, 0.2) is 197 Å². The first-order chi connectivity index (χ1) is 32.7. The van der Waals surface area contributed by atoms with Crippen LogP contribution in [-0.2, 0) is 6.42 Å². The molecule has 0 saturated carbocycles. The lowest BCUT2D eigenvalue weighted by molar-refractivity contribution is 0.595. The van der Waals surface area contributed by atoms with E-state index in [-0.39, 0.29) is 0 Å². The summed E-state index contributed by atoms with van der Waals surface area (Å²) in [6.45, 7) is 0. The molecule has 5 aromatic heterocycles. The van der Waals surface area contributed by atoms with Crippen LogP contribution in [-0.4, -0.2) is 29.1 Å². The predicted molar refractivity (Wildman–Crippen MR) is 265 cm³/mol. The van der Waals surface area contributed by atoms with Crippen LogP contribution in [0.25, 0.3) is 129 Å². The lowest BCUT2D eigenvalue weighted by Gasteiger charge is -2.14. The number of hydrogen-bond donors (Lipinski definition) is 0. The number of aromatic nitrogens is 6. The highest BCUT2D eigenvalue weighted by Crippen LogP contribution is 2.43. The summed E-state index contributed by atoms with van der Waals surface area (Å²) in [4.78, 5) is 20.9. The number of hydrogen-bond acceptors (Lipinski definition) is 6. The molecule has 0 bridgehead atoms. The number of oxazole rings is 1. The van der Waals surface area contributed by atoms with Gasteiger partial charge in [-0.1, -0.05) is 140 Å². The SMILES string of the molecule is C1=Cc2oc3cccc(-c4nc(-c5ccccc5)nc(-n5c6ccccc6c6ccc7c8ccccc8n(-c8ccc(-c9cccc%10nc(-c%11ccccc%11)oc9%10)cc8)c7c65)n4)c3c2CC1. The van der Waals surface area contributed by atoms with Crippen LogP contribution < -0.4 is 0 Å². The average Bonchev–Trinajstić information content (AvgIpc) is 4.16. The molecule has 0 fully saturated rings. The van der Waals surface area contributed by atoms with Gasteiger partial charge in [-0.3, -0.25) is 4.57 Å². The molecule has 0 saturated heterocycles. The van der Waals surface area contributed by atoms with E-state index in [0.29, 0.717) is 23.5 Å². The first-order valence-electron chi connectivity index (χ1n) is 22.3. The van der Waals surface area contributed by atoms with Crippen molar-refractivity contribution in [3.8, 4) is 57.0 Å². The lowest BCUT2D eigenvalue weighted by atomic mass is 9.97. The Hall–Kier alpha value is -8.88. The molecule has 1 aliphatic rings. The molecule has 1 aliphatic carbocycles. The maximum absolute atomic E-state index is 6.46. The van der Waals surface area contributed by atoms with E-state index in [1.54, 1.807) is 0 Å². The number of nitrogens with zero attached hydrogens (tertiary/aromatic N) is 6. The summed E-state index contributed by atoms with van der Waals surface area (Å²) in [6, 6.07) is 63.1. The summed E-state index contributed by atoms with van der Waals surface area (Å²) >= 11 is 0. The molecule has 0 atom stereocenters. The predicted octanol–water partition coefficient (Wildman–Crippen LogP) is 14.6. The van der Waals surface area contributed by atoms with Crippen LogP contribution in [0.3, 0.4) is 0 Å². The summed E-state index contributed by atoms with van der Waals surface area (Å²) < 4.78 is 17.5. The molecule has 0 spiro atoms. The molecule has 5 heterocycles. The van der Waals surface area contributed by atoms with Crippen molar-refractivity contribution < 1.29 is 8.83 Å². The molecule has 0 N–H and O–H groups in total. The van der Waals surface area contributed by atoms with E-state index < -0.39 is 0 Å². The molecule has 0 amide bonds. The Balaban J connectivity index is 1.02. The van der Waals surface area contributed by atoms with Gasteiger partial charge in [-0.15, -0.1) is 0 Å². The highest BCUT2D eigenvalue weighted by atomic mass is 16.3. The highest BCUT2D eigenvalue weighted by molar-refractivity contribution is 6.23. The topological polar surface area (TPSA) is 87.7 Å². The minimum Gasteiger partial charge on any atom is -0.456 e. The minimum absolute atomic E-state index is 0.536. The zero-order valence-corrected chi connectivity index (χ0v) is 35.4. The summed E-state index contributed by atoms with van der Waals surface area (Å²) in [7, 11) is 0. The molecule has 14 rings (SSSR count). The molecule has 0 radical (unpaired) electrons. The fraction of sp³-hybridized carbons (Fsp3) is 0.0345. The summed E-state index contributed by atoms with van der Waals surface area (Å²) in [6.07, 6.45) is 6.11. The van der Waals surface area contributed by atoms with Crippen molar-refractivity contribution in [2.45, 2.75) is 12.8 Å². The number of para-hydroxylation sites is 3. The average molecular weight is 849 g/mol. The Morgan fingerprint density at radius 1 is 0.455 bits per heavy atom. The van der Waals surface area contributed by atoms with Gasteiger partial charge in [0.05, 0.1) is 22.1 Å². The Labute approximate surface area is 377 Å². The Morgan fingerprint density at radius 3 is 1.88 bits per heavy atom. The van der Waals surface area contributed by atoms with Crippen molar-refractivity contribution >= 4 is 71.8 Å². The molecule has 310 valence electrons. The smallest absolute Gasteiger partial charge is 0.238 e. The fourth-order valence-electron chi connectivity index (χ4n) is 10.2. The lowest BCUT2D eigenvalue weighted by Crippen LogP contribution is -2.07. The van der Waals surface area contributed by atoms with Crippen LogP contribution in [0, 0.1) is 0 Å². The largest absolute Gasteiger partial charge is 0.456 e. The summed E-state index contributed by atoms with van der Waals surface area (Å²) in [5.41, 5.74) is 13.6. The van der Waals surface area contributed by atoms with Gasteiger partial charge < -0.3 is 13.4 Å². The Bertz CT molecular complexity index is 4100. The molecule has 8 aromatic carbocycles. The molecule has 8 nitrogen and oxygen atoms in total. The number of furan rings is 1. The first kappa shape index (κ1) is 36.6. The normalized spacial score (nSPS) is 12.7. The van der Waals surface area contributed by atoms with Crippen LogP contribution in [0.2, 0.25) is 0 Å². The van der Waals surface area contributed by atoms with E-state index in [0.717, 1.165) is 118 Å². The van der Waals surface area contributed by atoms with Gasteiger partial charge in [0.2, 0.25) is 11.8 Å². The van der Waals surface area contributed by atoms with E-state index in [2.05, 4.69) is 130 Å². The van der Waals surface area contributed by atoms with Gasteiger partial charge >= 0.3 is 0 Å². The van der Waals surface area contributed by atoms with Gasteiger partial charge in [-0.2, -0.15) is 9.97 Å². The minimum atomic E-state index is 0.536. The second-order valence-electron chi connectivity index (χ2n) is 16.9. The maximum Gasteiger partial charge on any atom is 0.238 e. The van der Waals surface area contributed by atoms with E-state index in [1.165, 1.54) is 5.56 Å². The van der Waals surface area contributed by atoms with Gasteiger partial charge in [0, 0.05) is 60.4 Å². The number of rotatable bonds is 6. The van der Waals surface area contributed by atoms with Crippen molar-refractivity contribution in [1.29, 1.82) is 0 Å². The van der Waals surface area contributed by atoms with Crippen LogP contribution >= 0.6 is 0 Å². The molecule has 66 heavy (non-hydrogen) atoms. The van der Waals surface area contributed by atoms with Crippen molar-refractivity contribution in [2.75, 3.05) is 0 Å². The maximum atomic E-state index is 6.46. The monoisotopic (exact) mass is 848 g/mol. The van der Waals surface area contributed by atoms with Crippen LogP contribution in [0.1, 0.15) is 17.7 Å². The van der Waals surface area contributed by atoms with E-state index in [9.17, 15) is 0 Å². The van der Waals surface area contributed by atoms with Crippen molar-refractivity contribution in [3.05, 3.63) is 199 Å². The molecule has 0 aliphatic heterocycles. The van der Waals surface area contributed by atoms with Crippen molar-refractivity contribution in [3.63, 3.8) is 0 Å². The Kier molecular flexibility index (Phi) is 7.94. The Morgan fingerprint density at radius 2 is 1.11 bits per heavy atom. The molecule has 13 aromatic rings. The van der Waals surface area contributed by atoms with Crippen molar-refractivity contribution in [2.24, 2.45) is 0 Å². The van der Waals surface area contributed by atoms with Gasteiger partial charge in [0.15, 0.2) is 17.2 Å². The van der Waals surface area contributed by atoms with Gasteiger partial charge in [-0.05, 0) is 73.0 Å².